The van der Waals surface area contributed by atoms with Gasteiger partial charge in [0.05, 0.1) is 18.8 Å². The molecule has 0 bridgehead atoms. The van der Waals surface area contributed by atoms with Gasteiger partial charge in [-0.15, -0.1) is 0 Å². The molecular formula is C59H111NO3. The minimum Gasteiger partial charge on any atom is -0.394 e. The van der Waals surface area contributed by atoms with Crippen LogP contribution in [0.2, 0.25) is 0 Å². The maximum atomic E-state index is 12.5. The number of amides is 1. The normalized spacial score (nSPS) is 13.1. The number of aliphatic hydroxyl groups excluding tert-OH is 2. The Bertz CT molecular complexity index is 1000. The van der Waals surface area contributed by atoms with E-state index in [9.17, 15) is 15.0 Å². The quantitative estimate of drug-likeness (QED) is 0.0421. The van der Waals surface area contributed by atoms with Crippen LogP contribution in [0.3, 0.4) is 0 Å². The SMILES string of the molecule is CCCCCCC/C=C\C/C=C\C/C=C\CCCCCCCCCCCCCCC(=O)NC(CO)C(O)/C=C/CCCCCCCCCCCCCCCCCCCCCCCC. The Morgan fingerprint density at radius 2 is 0.651 bits per heavy atom. The maximum absolute atomic E-state index is 12.5. The molecule has 4 heteroatoms. The second-order valence-corrected chi connectivity index (χ2v) is 19.4. The molecule has 0 heterocycles. The molecule has 0 aromatic carbocycles. The van der Waals surface area contributed by atoms with Crippen molar-refractivity contribution in [3.8, 4) is 0 Å². The number of carbonyl (C=O) groups excluding carboxylic acids is 1. The molecule has 0 fully saturated rings. The summed E-state index contributed by atoms with van der Waals surface area (Å²) in [5.41, 5.74) is 0. The predicted octanol–water partition coefficient (Wildman–Crippen LogP) is 18.6. The van der Waals surface area contributed by atoms with E-state index in [0.717, 1.165) is 38.5 Å². The molecular weight excluding hydrogens is 771 g/mol. The molecule has 0 aliphatic carbocycles. The van der Waals surface area contributed by atoms with Gasteiger partial charge in [0, 0.05) is 6.42 Å². The number of rotatable bonds is 52. The van der Waals surface area contributed by atoms with Crippen LogP contribution in [0.5, 0.6) is 0 Å². The first-order valence-corrected chi connectivity index (χ1v) is 28.4. The molecule has 2 unspecified atom stereocenters. The summed E-state index contributed by atoms with van der Waals surface area (Å²) in [4.78, 5) is 12.5. The fourth-order valence-electron chi connectivity index (χ4n) is 8.72. The highest BCUT2D eigenvalue weighted by molar-refractivity contribution is 5.76. The zero-order chi connectivity index (χ0) is 45.6. The highest BCUT2D eigenvalue weighted by Crippen LogP contribution is 2.17. The Hall–Kier alpha value is -1.65. The third-order valence-corrected chi connectivity index (χ3v) is 13.1. The van der Waals surface area contributed by atoms with E-state index in [2.05, 4.69) is 55.6 Å². The molecule has 0 aliphatic heterocycles. The Morgan fingerprint density at radius 1 is 0.381 bits per heavy atom. The smallest absolute Gasteiger partial charge is 0.220 e. The molecule has 0 rings (SSSR count). The summed E-state index contributed by atoms with van der Waals surface area (Å²) >= 11 is 0. The van der Waals surface area contributed by atoms with Gasteiger partial charge in [0.1, 0.15) is 0 Å². The monoisotopic (exact) mass is 882 g/mol. The van der Waals surface area contributed by atoms with Crippen molar-refractivity contribution in [3.05, 3.63) is 48.6 Å². The molecule has 4 nitrogen and oxygen atoms in total. The Morgan fingerprint density at radius 3 is 0.968 bits per heavy atom. The van der Waals surface area contributed by atoms with Gasteiger partial charge < -0.3 is 15.5 Å². The van der Waals surface area contributed by atoms with Crippen molar-refractivity contribution in [1.29, 1.82) is 0 Å². The van der Waals surface area contributed by atoms with Crippen molar-refractivity contribution in [2.45, 2.75) is 315 Å². The predicted molar refractivity (Wildman–Crippen MR) is 281 cm³/mol. The number of hydrogen-bond donors (Lipinski definition) is 3. The van der Waals surface area contributed by atoms with Crippen molar-refractivity contribution >= 4 is 5.91 Å². The fraction of sp³-hybridized carbons (Fsp3) is 0.847. The lowest BCUT2D eigenvalue weighted by atomic mass is 10.0. The van der Waals surface area contributed by atoms with Crippen LogP contribution in [-0.2, 0) is 4.79 Å². The lowest BCUT2D eigenvalue weighted by molar-refractivity contribution is -0.123. The average molecular weight is 883 g/mol. The highest BCUT2D eigenvalue weighted by atomic mass is 16.3. The van der Waals surface area contributed by atoms with Crippen molar-refractivity contribution in [2.24, 2.45) is 0 Å². The summed E-state index contributed by atoms with van der Waals surface area (Å²) in [6, 6.07) is -0.625. The average Bonchev–Trinajstić information content (AvgIpc) is 3.29. The first kappa shape index (κ1) is 61.4. The zero-order valence-corrected chi connectivity index (χ0v) is 42.6. The van der Waals surface area contributed by atoms with Gasteiger partial charge in [-0.3, -0.25) is 4.79 Å². The Kier molecular flexibility index (Phi) is 53.3. The molecule has 3 N–H and O–H groups in total. The van der Waals surface area contributed by atoms with Crippen molar-refractivity contribution in [2.75, 3.05) is 6.61 Å². The van der Waals surface area contributed by atoms with E-state index in [1.165, 1.54) is 244 Å². The molecule has 1 amide bonds. The van der Waals surface area contributed by atoms with Crippen molar-refractivity contribution in [3.63, 3.8) is 0 Å². The summed E-state index contributed by atoms with van der Waals surface area (Å²) < 4.78 is 0. The van der Waals surface area contributed by atoms with E-state index in [1.54, 1.807) is 6.08 Å². The van der Waals surface area contributed by atoms with Crippen LogP contribution in [0.25, 0.3) is 0 Å². The summed E-state index contributed by atoms with van der Waals surface area (Å²) in [5.74, 6) is -0.0632. The second kappa shape index (κ2) is 54.7. The van der Waals surface area contributed by atoms with Gasteiger partial charge in [0.2, 0.25) is 5.91 Å². The standard InChI is InChI=1S/C59H111NO3/c1-3-5-7-9-11-13-15-17-19-21-23-25-27-29-30-31-33-35-37-39-41-43-45-47-49-51-53-55-59(63)60-57(56-61)58(62)54-52-50-48-46-44-42-40-38-36-34-32-28-26-24-22-20-18-16-14-12-10-8-6-4-2/h15,17,21,23,27,29,52,54,57-58,61-62H,3-14,16,18-20,22,24-26,28,30-51,53,55-56H2,1-2H3,(H,60,63)/b17-15-,23-21-,29-27-,54-52+. The Labute approximate surface area is 394 Å². The minimum atomic E-state index is -0.842. The summed E-state index contributed by atoms with van der Waals surface area (Å²) in [6.45, 7) is 4.32. The summed E-state index contributed by atoms with van der Waals surface area (Å²) in [7, 11) is 0. The molecule has 63 heavy (non-hydrogen) atoms. The van der Waals surface area contributed by atoms with E-state index < -0.39 is 12.1 Å². The van der Waals surface area contributed by atoms with Gasteiger partial charge >= 0.3 is 0 Å². The van der Waals surface area contributed by atoms with E-state index in [0.29, 0.717) is 6.42 Å². The number of unbranched alkanes of at least 4 members (excludes halogenated alkanes) is 39. The maximum Gasteiger partial charge on any atom is 0.220 e. The van der Waals surface area contributed by atoms with Crippen LogP contribution in [-0.4, -0.2) is 34.9 Å². The Balaban J connectivity index is 3.51. The van der Waals surface area contributed by atoms with Crippen LogP contribution >= 0.6 is 0 Å². The van der Waals surface area contributed by atoms with Crippen LogP contribution in [0, 0.1) is 0 Å². The molecule has 0 aliphatic rings. The molecule has 0 spiro atoms. The fourth-order valence-corrected chi connectivity index (χ4v) is 8.72. The molecule has 0 saturated heterocycles. The van der Waals surface area contributed by atoms with Gasteiger partial charge in [-0.2, -0.15) is 0 Å². The first-order valence-electron chi connectivity index (χ1n) is 28.4. The number of allylic oxidation sites excluding steroid dienone is 7. The molecule has 0 radical (unpaired) electrons. The zero-order valence-electron chi connectivity index (χ0n) is 42.6. The van der Waals surface area contributed by atoms with Crippen molar-refractivity contribution < 1.29 is 15.0 Å². The third kappa shape index (κ3) is 51.2. The minimum absolute atomic E-state index is 0.0632. The van der Waals surface area contributed by atoms with Crippen LogP contribution < -0.4 is 5.32 Å². The number of nitrogens with one attached hydrogen (secondary N) is 1. The topological polar surface area (TPSA) is 69.6 Å². The van der Waals surface area contributed by atoms with Crippen LogP contribution in [0.4, 0.5) is 0 Å². The van der Waals surface area contributed by atoms with Crippen LogP contribution in [0.15, 0.2) is 48.6 Å². The summed E-state index contributed by atoms with van der Waals surface area (Å²) in [5, 5.41) is 23.2. The summed E-state index contributed by atoms with van der Waals surface area (Å²) in [6.07, 6.45) is 75.5. The lowest BCUT2D eigenvalue weighted by Crippen LogP contribution is -2.45. The van der Waals surface area contributed by atoms with Crippen molar-refractivity contribution in [1.82, 2.24) is 5.32 Å². The molecule has 0 aromatic heterocycles. The number of carbonyl (C=O) groups is 1. The van der Waals surface area contributed by atoms with Gasteiger partial charge in [-0.05, 0) is 57.8 Å². The largest absolute Gasteiger partial charge is 0.394 e. The molecule has 2 atom stereocenters. The van der Waals surface area contributed by atoms with Gasteiger partial charge in [-0.1, -0.05) is 287 Å². The van der Waals surface area contributed by atoms with Gasteiger partial charge in [-0.25, -0.2) is 0 Å². The van der Waals surface area contributed by atoms with Gasteiger partial charge in [0.25, 0.3) is 0 Å². The van der Waals surface area contributed by atoms with Gasteiger partial charge in [0.15, 0.2) is 0 Å². The van der Waals surface area contributed by atoms with E-state index in [1.807, 2.05) is 6.08 Å². The highest BCUT2D eigenvalue weighted by Gasteiger charge is 2.18. The van der Waals surface area contributed by atoms with Crippen LogP contribution in [0.1, 0.15) is 303 Å². The lowest BCUT2D eigenvalue weighted by Gasteiger charge is -2.20. The third-order valence-electron chi connectivity index (χ3n) is 13.1. The number of hydrogen-bond acceptors (Lipinski definition) is 3. The van der Waals surface area contributed by atoms with E-state index in [4.69, 9.17) is 0 Å². The van der Waals surface area contributed by atoms with E-state index in [-0.39, 0.29) is 12.5 Å². The first-order chi connectivity index (χ1) is 31.2. The molecule has 370 valence electrons. The number of aliphatic hydroxyl groups is 2. The molecule has 0 saturated carbocycles. The molecule has 0 aromatic rings. The second-order valence-electron chi connectivity index (χ2n) is 19.4. The van der Waals surface area contributed by atoms with E-state index >= 15 is 0 Å².